The zero-order valence-corrected chi connectivity index (χ0v) is 14.9. The minimum absolute atomic E-state index is 0.0493. The lowest BCUT2D eigenvalue weighted by atomic mass is 9.74. The highest BCUT2D eigenvalue weighted by molar-refractivity contribution is 6.06. The first-order chi connectivity index (χ1) is 12.5. The van der Waals surface area contributed by atoms with E-state index in [9.17, 15) is 14.4 Å². The number of H-pyrrole nitrogens is 1. The van der Waals surface area contributed by atoms with E-state index in [2.05, 4.69) is 11.9 Å². The van der Waals surface area contributed by atoms with Crippen LogP contribution in [0.3, 0.4) is 0 Å². The van der Waals surface area contributed by atoms with E-state index < -0.39 is 0 Å². The molecule has 6 heteroatoms. The summed E-state index contributed by atoms with van der Waals surface area (Å²) in [4.78, 5) is 43.4. The molecular formula is C20H23N3O3. The zero-order chi connectivity index (χ0) is 18.3. The summed E-state index contributed by atoms with van der Waals surface area (Å²) in [5, 5.41) is 0.749. The third-order valence-electron chi connectivity index (χ3n) is 5.81. The van der Waals surface area contributed by atoms with E-state index in [-0.39, 0.29) is 23.3 Å². The first-order valence-electron chi connectivity index (χ1n) is 9.25. The molecule has 1 N–H and O–H groups in total. The summed E-state index contributed by atoms with van der Waals surface area (Å²) >= 11 is 0. The maximum atomic E-state index is 13.0. The smallest absolute Gasteiger partial charge is 0.254 e. The van der Waals surface area contributed by atoms with Gasteiger partial charge in [0.05, 0.1) is 0 Å². The van der Waals surface area contributed by atoms with Crippen LogP contribution in [-0.2, 0) is 4.79 Å². The standard InChI is InChI=1S/C20H23N3O3/c1-13-5-6-14(13)19(25)22-9-11-23(12-10-22)20(26)16-3-2-4-17-15(16)7-8-18(24)21-17/h2-4,7-8,13-14H,5-6,9-12H2,1H3,(H,21,24). The topological polar surface area (TPSA) is 73.5 Å². The molecule has 1 aromatic heterocycles. The van der Waals surface area contributed by atoms with Crippen LogP contribution in [0.5, 0.6) is 0 Å². The fourth-order valence-electron chi connectivity index (χ4n) is 3.94. The normalized spacial score (nSPS) is 23.0. The van der Waals surface area contributed by atoms with Gasteiger partial charge >= 0.3 is 0 Å². The largest absolute Gasteiger partial charge is 0.339 e. The summed E-state index contributed by atoms with van der Waals surface area (Å²) in [5.74, 6) is 0.859. The molecular weight excluding hydrogens is 330 g/mol. The molecule has 2 heterocycles. The first kappa shape index (κ1) is 16.8. The van der Waals surface area contributed by atoms with Crippen LogP contribution in [0.2, 0.25) is 0 Å². The van der Waals surface area contributed by atoms with Gasteiger partial charge < -0.3 is 14.8 Å². The van der Waals surface area contributed by atoms with Crippen molar-refractivity contribution in [1.29, 1.82) is 0 Å². The van der Waals surface area contributed by atoms with Gasteiger partial charge in [0.25, 0.3) is 5.91 Å². The van der Waals surface area contributed by atoms with Gasteiger partial charge in [0, 0.05) is 54.6 Å². The number of nitrogens with zero attached hydrogens (tertiary/aromatic N) is 2. The van der Waals surface area contributed by atoms with Crippen LogP contribution in [-0.4, -0.2) is 52.8 Å². The number of piperazine rings is 1. The second-order valence-corrected chi connectivity index (χ2v) is 7.37. The highest BCUT2D eigenvalue weighted by atomic mass is 16.2. The van der Waals surface area contributed by atoms with Gasteiger partial charge in [0.15, 0.2) is 0 Å². The van der Waals surface area contributed by atoms with Gasteiger partial charge in [-0.1, -0.05) is 13.0 Å². The minimum Gasteiger partial charge on any atom is -0.339 e. The zero-order valence-electron chi connectivity index (χ0n) is 14.9. The second kappa shape index (κ2) is 6.59. The molecule has 1 aromatic carbocycles. The number of amides is 2. The molecule has 2 unspecified atom stereocenters. The molecule has 1 aliphatic heterocycles. The summed E-state index contributed by atoms with van der Waals surface area (Å²) in [7, 11) is 0. The van der Waals surface area contributed by atoms with Crippen molar-refractivity contribution in [2.24, 2.45) is 11.8 Å². The van der Waals surface area contributed by atoms with E-state index >= 15 is 0 Å². The van der Waals surface area contributed by atoms with Crippen LogP contribution in [0, 0.1) is 11.8 Å². The number of benzene rings is 1. The Morgan fingerprint density at radius 2 is 1.73 bits per heavy atom. The van der Waals surface area contributed by atoms with E-state index in [1.165, 1.54) is 6.07 Å². The molecule has 1 aliphatic carbocycles. The Morgan fingerprint density at radius 3 is 2.38 bits per heavy atom. The molecule has 2 aromatic rings. The molecule has 0 spiro atoms. The van der Waals surface area contributed by atoms with Crippen LogP contribution in [0.4, 0.5) is 0 Å². The molecule has 2 aliphatic rings. The first-order valence-corrected chi connectivity index (χ1v) is 9.25. The average molecular weight is 353 g/mol. The van der Waals surface area contributed by atoms with Gasteiger partial charge in [-0.25, -0.2) is 0 Å². The second-order valence-electron chi connectivity index (χ2n) is 7.37. The molecule has 1 saturated carbocycles. The molecule has 26 heavy (non-hydrogen) atoms. The summed E-state index contributed by atoms with van der Waals surface area (Å²) < 4.78 is 0. The van der Waals surface area contributed by atoms with Crippen molar-refractivity contribution in [2.75, 3.05) is 26.2 Å². The van der Waals surface area contributed by atoms with Crippen molar-refractivity contribution in [3.05, 3.63) is 46.2 Å². The van der Waals surface area contributed by atoms with Gasteiger partial charge in [-0.3, -0.25) is 14.4 Å². The lowest BCUT2D eigenvalue weighted by molar-refractivity contribution is -0.142. The number of fused-ring (bicyclic) bond motifs is 1. The maximum absolute atomic E-state index is 13.0. The maximum Gasteiger partial charge on any atom is 0.254 e. The number of aromatic nitrogens is 1. The Kier molecular flexibility index (Phi) is 4.26. The van der Waals surface area contributed by atoms with E-state index in [0.717, 1.165) is 18.2 Å². The van der Waals surface area contributed by atoms with Crippen LogP contribution in [0.1, 0.15) is 30.1 Å². The lowest BCUT2D eigenvalue weighted by Crippen LogP contribution is -2.53. The quantitative estimate of drug-likeness (QED) is 0.896. The van der Waals surface area contributed by atoms with E-state index in [1.54, 1.807) is 29.2 Å². The number of carbonyl (C=O) groups excluding carboxylic acids is 2. The Hall–Kier alpha value is -2.63. The number of aromatic amines is 1. The molecule has 6 nitrogen and oxygen atoms in total. The molecule has 4 rings (SSSR count). The van der Waals surface area contributed by atoms with Crippen LogP contribution < -0.4 is 5.56 Å². The fraction of sp³-hybridized carbons (Fsp3) is 0.450. The van der Waals surface area contributed by atoms with Gasteiger partial charge in [-0.15, -0.1) is 0 Å². The molecule has 136 valence electrons. The molecule has 2 atom stereocenters. The summed E-state index contributed by atoms with van der Waals surface area (Å²) in [6.07, 6.45) is 2.13. The minimum atomic E-state index is -0.181. The lowest BCUT2D eigenvalue weighted by Gasteiger charge is -2.40. The van der Waals surface area contributed by atoms with Crippen molar-refractivity contribution in [2.45, 2.75) is 19.8 Å². The van der Waals surface area contributed by atoms with Crippen LogP contribution >= 0.6 is 0 Å². The Labute approximate surface area is 151 Å². The van der Waals surface area contributed by atoms with Crippen molar-refractivity contribution < 1.29 is 9.59 Å². The summed E-state index contributed by atoms with van der Waals surface area (Å²) in [6.45, 7) is 4.41. The molecule has 2 amide bonds. The van der Waals surface area contributed by atoms with Crippen molar-refractivity contribution in [3.63, 3.8) is 0 Å². The predicted octanol–water partition coefficient (Wildman–Crippen LogP) is 1.86. The molecule has 0 radical (unpaired) electrons. The third-order valence-corrected chi connectivity index (χ3v) is 5.81. The highest BCUT2D eigenvalue weighted by Crippen LogP contribution is 2.35. The average Bonchev–Trinajstić information content (AvgIpc) is 2.65. The van der Waals surface area contributed by atoms with Crippen LogP contribution in [0.15, 0.2) is 35.1 Å². The van der Waals surface area contributed by atoms with Gasteiger partial charge in [0.2, 0.25) is 11.5 Å². The number of carbonyl (C=O) groups is 2. The fourth-order valence-corrected chi connectivity index (χ4v) is 3.94. The SMILES string of the molecule is CC1CCC1C(=O)N1CCN(C(=O)c2cccc3[nH]c(=O)ccc23)CC1. The number of pyridine rings is 1. The van der Waals surface area contributed by atoms with Crippen molar-refractivity contribution in [1.82, 2.24) is 14.8 Å². The third kappa shape index (κ3) is 2.89. The highest BCUT2D eigenvalue weighted by Gasteiger charge is 2.37. The predicted molar refractivity (Wildman–Crippen MR) is 98.9 cm³/mol. The Balaban J connectivity index is 1.47. The van der Waals surface area contributed by atoms with Crippen molar-refractivity contribution in [3.8, 4) is 0 Å². The van der Waals surface area contributed by atoms with E-state index in [1.807, 2.05) is 4.90 Å². The number of nitrogens with one attached hydrogen (secondary N) is 1. The van der Waals surface area contributed by atoms with Crippen molar-refractivity contribution >= 4 is 22.7 Å². The summed E-state index contributed by atoms with van der Waals surface area (Å²) in [6, 6.07) is 8.50. The Morgan fingerprint density at radius 1 is 1.00 bits per heavy atom. The van der Waals surface area contributed by atoms with Gasteiger partial charge in [-0.2, -0.15) is 0 Å². The monoisotopic (exact) mass is 353 g/mol. The number of hydrogen-bond donors (Lipinski definition) is 1. The molecule has 1 saturated heterocycles. The summed E-state index contributed by atoms with van der Waals surface area (Å²) in [5.41, 5.74) is 1.07. The van der Waals surface area contributed by atoms with Gasteiger partial charge in [0.1, 0.15) is 0 Å². The Bertz CT molecular complexity index is 912. The molecule has 0 bridgehead atoms. The van der Waals surface area contributed by atoms with Gasteiger partial charge in [-0.05, 0) is 37.0 Å². The molecule has 2 fully saturated rings. The van der Waals surface area contributed by atoms with E-state index in [0.29, 0.717) is 43.2 Å². The van der Waals surface area contributed by atoms with Crippen LogP contribution in [0.25, 0.3) is 10.9 Å². The number of rotatable bonds is 2. The number of hydrogen-bond acceptors (Lipinski definition) is 3. The van der Waals surface area contributed by atoms with E-state index in [4.69, 9.17) is 0 Å².